The van der Waals surface area contributed by atoms with E-state index in [2.05, 4.69) is 93.5 Å². The number of aromatic nitrogens is 6. The summed E-state index contributed by atoms with van der Waals surface area (Å²) in [6.45, 7) is 14.3. The molecule has 6 amide bonds. The number of hydrogen-bond donors (Lipinski definition) is 3. The van der Waals surface area contributed by atoms with Crippen molar-refractivity contribution in [1.29, 1.82) is 0 Å². The highest BCUT2D eigenvalue weighted by molar-refractivity contribution is 6.07. The van der Waals surface area contributed by atoms with Gasteiger partial charge in [-0.25, -0.2) is 44.3 Å². The second-order valence-corrected chi connectivity index (χ2v) is 27.6. The number of anilines is 12. The number of oxazole rings is 2. The Labute approximate surface area is 573 Å². The minimum Gasteiger partial charge on any atom is -0.444 e. The fourth-order valence-electron chi connectivity index (χ4n) is 15.8. The van der Waals surface area contributed by atoms with E-state index >= 15 is 0 Å². The Morgan fingerprint density at radius 3 is 1.33 bits per heavy atom. The first kappa shape index (κ1) is 64.8. The van der Waals surface area contributed by atoms with Gasteiger partial charge in [-0.15, -0.1) is 0 Å². The number of halogens is 3. The third-order valence-corrected chi connectivity index (χ3v) is 20.7. The maximum Gasteiger partial charge on any atom is 0.393 e. The van der Waals surface area contributed by atoms with Crippen molar-refractivity contribution >= 4 is 87.3 Å². The predicted molar refractivity (Wildman–Crippen MR) is 379 cm³/mol. The highest BCUT2D eigenvalue weighted by Gasteiger charge is 2.45. The topological polar surface area (TPSA) is 220 Å². The normalized spacial score (nSPS) is 22.2. The molecule has 26 heteroatoms. The molecule has 2 unspecified atom stereocenters. The number of nitrogens with zero attached hydrogens (tertiary/aromatic N) is 15. The lowest BCUT2D eigenvalue weighted by molar-refractivity contribution is -0.176. The molecule has 6 fully saturated rings. The average molecular weight is 1350 g/mol. The molecule has 0 spiro atoms. The molecule has 6 bridgehead atoms. The van der Waals surface area contributed by atoms with Crippen LogP contribution in [0.2, 0.25) is 0 Å². The molecule has 15 heterocycles. The van der Waals surface area contributed by atoms with Crippen molar-refractivity contribution in [3.63, 3.8) is 0 Å². The monoisotopic (exact) mass is 1350 g/mol. The molecule has 3 N–H and O–H groups in total. The van der Waals surface area contributed by atoms with E-state index in [1.165, 1.54) is 38.5 Å². The van der Waals surface area contributed by atoms with E-state index < -0.39 is 12.1 Å². The molecular formula is C73H83F3N18O5. The molecule has 23 nitrogen and oxygen atoms in total. The fourth-order valence-corrected chi connectivity index (χ4v) is 15.8. The third-order valence-electron chi connectivity index (χ3n) is 20.7. The summed E-state index contributed by atoms with van der Waals surface area (Å²) >= 11 is 0. The molecule has 8 aromatic rings. The highest BCUT2D eigenvalue weighted by Crippen LogP contribution is 2.45. The van der Waals surface area contributed by atoms with Crippen LogP contribution in [0.5, 0.6) is 0 Å². The zero-order chi connectivity index (χ0) is 67.7. The lowest BCUT2D eigenvalue weighted by Crippen LogP contribution is -2.56. The second-order valence-electron chi connectivity index (χ2n) is 27.6. The molecule has 0 saturated carbocycles. The summed E-state index contributed by atoms with van der Waals surface area (Å²) in [6.07, 6.45) is 13.8. The summed E-state index contributed by atoms with van der Waals surface area (Å²) in [5, 5.41) is 9.05. The maximum atomic E-state index is 13.7. The molecule has 9 aliphatic heterocycles. The molecule has 0 radical (unpaired) electrons. The number of nitrogens with one attached hydrogen (secondary N) is 3. The molecule has 2 aromatic carbocycles. The summed E-state index contributed by atoms with van der Waals surface area (Å²) < 4.78 is 51.1. The Balaban J connectivity index is 0.000000122. The largest absolute Gasteiger partial charge is 0.444 e. The van der Waals surface area contributed by atoms with Gasteiger partial charge in [-0.05, 0) is 155 Å². The van der Waals surface area contributed by atoms with E-state index in [-0.39, 0.29) is 49.2 Å². The zero-order valence-corrected chi connectivity index (χ0v) is 55.8. The molecule has 99 heavy (non-hydrogen) atoms. The van der Waals surface area contributed by atoms with Crippen molar-refractivity contribution in [1.82, 2.24) is 29.9 Å². The van der Waals surface area contributed by atoms with Gasteiger partial charge in [-0.2, -0.15) is 13.2 Å². The Hall–Kier alpha value is -10.1. The zero-order valence-electron chi connectivity index (χ0n) is 55.8. The van der Waals surface area contributed by atoms with E-state index in [9.17, 15) is 27.6 Å². The second kappa shape index (κ2) is 28.0. The van der Waals surface area contributed by atoms with Crippen molar-refractivity contribution < 1.29 is 36.4 Å². The van der Waals surface area contributed by atoms with Crippen LogP contribution in [0, 0.1) is 17.8 Å². The first-order valence-electron chi connectivity index (χ1n) is 35.0. The standard InChI is InChI=1S/C26H27F3N6O2.C25H28N6O2.C22H28N6O/c27-26(28,29)18-5-2-11-34(14-18)23-9-8-21-24(32-23)35(20-7-3-10-33(21)15-20)25(36)31-19-6-1-4-17(12-19)22-13-30-16-37-22;1-17-4-3-10-30(14-17)23-8-7-21-24(28-23)31(20-9-11-29(21)15-20)25(32)27-19-6-2-5-18(12-19)22-13-26-16-33-22;1-16-6-4-13-27(14-16)20-10-9-18-21(25-20)28(17-7-5-12-26(18)15-17)22(29)24-19-8-2-3-11-23-19/h1,4,6,8-9,12-13,16,18,20H,2-3,5,7,10-11,14-15H2,(H,31,36);2,5-8,12-13,16-17,20H,3-4,9-11,14-15H2,1H3,(H,27,32);2-3,8-11,16-17H,4-7,12-15H2,1H3,(H,23,24,29)/t18?,20-;17-,20+;16?,17-/m010/s1. The average Bonchev–Trinajstić information content (AvgIpc) is 1.21. The van der Waals surface area contributed by atoms with Crippen molar-refractivity contribution in [2.75, 3.05) is 139 Å². The quantitative estimate of drug-likeness (QED) is 0.129. The van der Waals surface area contributed by atoms with Crippen LogP contribution in [0.15, 0.2) is 143 Å². The van der Waals surface area contributed by atoms with Gasteiger partial charge in [0.2, 0.25) is 0 Å². The first-order valence-corrected chi connectivity index (χ1v) is 35.0. The van der Waals surface area contributed by atoms with E-state index in [0.717, 1.165) is 148 Å². The Kier molecular flexibility index (Phi) is 18.3. The summed E-state index contributed by atoms with van der Waals surface area (Å²) in [5.41, 5.74) is 5.90. The minimum atomic E-state index is -4.23. The van der Waals surface area contributed by atoms with Crippen molar-refractivity contribution in [2.45, 2.75) is 109 Å². The number of benzene rings is 2. The van der Waals surface area contributed by atoms with E-state index in [1.807, 2.05) is 76.5 Å². The van der Waals surface area contributed by atoms with Crippen LogP contribution in [-0.2, 0) is 0 Å². The fraction of sp³-hybridized carbons (Fsp3) is 0.438. The van der Waals surface area contributed by atoms with Gasteiger partial charge < -0.3 is 48.9 Å². The SMILES string of the molecule is CC1CCCN(c2ccc3c(n2)N(C(=O)Nc2ccccn2)[C@H]2CCCN3C2)C1.C[C@@H]1CCCN(c2ccc3c(n2)N(C(=O)Nc2cccc(-c4cnco4)c2)[C@H]2CCN3C2)C1.O=C(Nc1cccc(-c2cnco2)c1)N1c2nc(N3CCCC(C(F)(F)F)C3)ccc2N2CCC[C@H]1C2. The maximum absolute atomic E-state index is 13.7. The van der Waals surface area contributed by atoms with E-state index in [0.29, 0.717) is 66.0 Å². The van der Waals surface area contributed by atoms with Crippen molar-refractivity contribution in [3.05, 3.63) is 135 Å². The van der Waals surface area contributed by atoms with Crippen LogP contribution in [-0.4, -0.2) is 151 Å². The van der Waals surface area contributed by atoms with Crippen molar-refractivity contribution in [3.8, 4) is 22.6 Å². The predicted octanol–water partition coefficient (Wildman–Crippen LogP) is 13.9. The van der Waals surface area contributed by atoms with Gasteiger partial charge in [0, 0.05) is 107 Å². The number of carbonyl (C=O) groups is 3. The summed E-state index contributed by atoms with van der Waals surface area (Å²) in [7, 11) is 0. The molecule has 0 aliphatic carbocycles. The number of amides is 6. The van der Waals surface area contributed by atoms with E-state index in [4.69, 9.17) is 23.8 Å². The third kappa shape index (κ3) is 13.9. The summed E-state index contributed by atoms with van der Waals surface area (Å²) in [6, 6.07) is 32.3. The van der Waals surface area contributed by atoms with Gasteiger partial charge in [0.25, 0.3) is 0 Å². The van der Waals surface area contributed by atoms with Crippen molar-refractivity contribution in [2.24, 2.45) is 17.8 Å². The number of rotatable bonds is 8. The Morgan fingerprint density at radius 2 is 0.889 bits per heavy atom. The van der Waals surface area contributed by atoms with Gasteiger partial charge in [0.15, 0.2) is 41.8 Å². The number of carbonyl (C=O) groups excluding carboxylic acids is 3. The van der Waals surface area contributed by atoms with Gasteiger partial charge in [-0.3, -0.25) is 20.0 Å². The van der Waals surface area contributed by atoms with Crippen LogP contribution >= 0.6 is 0 Å². The van der Waals surface area contributed by atoms with Crippen LogP contribution in [0.4, 0.5) is 96.7 Å². The molecule has 516 valence electrons. The number of fused-ring (bicyclic) bond motifs is 12. The van der Waals surface area contributed by atoms with Gasteiger partial charge >= 0.3 is 24.3 Å². The van der Waals surface area contributed by atoms with Crippen LogP contribution < -0.4 is 60.0 Å². The lowest BCUT2D eigenvalue weighted by atomic mass is 9.97. The van der Waals surface area contributed by atoms with E-state index in [1.54, 1.807) is 40.5 Å². The minimum absolute atomic E-state index is 0.0780. The highest BCUT2D eigenvalue weighted by atomic mass is 19.4. The van der Waals surface area contributed by atoms with Gasteiger partial charge in [0.1, 0.15) is 23.3 Å². The number of urea groups is 3. The Bertz CT molecular complexity index is 4170. The first-order chi connectivity index (χ1) is 48.2. The summed E-state index contributed by atoms with van der Waals surface area (Å²) in [4.78, 5) is 86.3. The molecule has 9 aliphatic rings. The molecule has 6 saturated heterocycles. The van der Waals surface area contributed by atoms with Crippen LogP contribution in [0.3, 0.4) is 0 Å². The number of piperidine rings is 5. The number of alkyl halides is 3. The smallest absolute Gasteiger partial charge is 0.393 e. The number of pyridine rings is 4. The van der Waals surface area contributed by atoms with Gasteiger partial charge in [-0.1, -0.05) is 44.2 Å². The molecular weight excluding hydrogens is 1270 g/mol. The molecule has 17 rings (SSSR count). The molecule has 6 atom stereocenters. The van der Waals surface area contributed by atoms with Crippen LogP contribution in [0.25, 0.3) is 22.6 Å². The lowest BCUT2D eigenvalue weighted by Gasteiger charge is -2.46. The number of hydrogen-bond acceptors (Lipinski definition) is 17. The van der Waals surface area contributed by atoms with Crippen LogP contribution in [0.1, 0.15) is 84.5 Å². The molecule has 6 aromatic heterocycles. The summed E-state index contributed by atoms with van der Waals surface area (Å²) in [5.74, 6) is 6.24. The van der Waals surface area contributed by atoms with Gasteiger partial charge in [0.05, 0.1) is 53.5 Å². The Morgan fingerprint density at radius 1 is 0.455 bits per heavy atom.